The molecule has 1 amide bonds. The third kappa shape index (κ3) is 5.65. The first-order valence-corrected chi connectivity index (χ1v) is 13.3. The highest BCUT2D eigenvalue weighted by Crippen LogP contribution is 2.43. The lowest BCUT2D eigenvalue weighted by molar-refractivity contribution is -0.139. The van der Waals surface area contributed by atoms with Gasteiger partial charge in [0.15, 0.2) is 11.5 Å². The topological polar surface area (TPSA) is 88.5 Å². The van der Waals surface area contributed by atoms with Crippen molar-refractivity contribution in [1.29, 1.82) is 0 Å². The second-order valence-corrected chi connectivity index (χ2v) is 10.2. The number of carbonyl (C=O) groups is 2. The maximum Gasteiger partial charge on any atom is 0.295 e. The molecule has 2 aromatic carbocycles. The molecule has 8 heteroatoms. The maximum atomic E-state index is 13.4. The number of ketones is 1. The van der Waals surface area contributed by atoms with Gasteiger partial charge in [0, 0.05) is 18.5 Å². The lowest BCUT2D eigenvalue weighted by Gasteiger charge is -2.26. The van der Waals surface area contributed by atoms with Crippen LogP contribution in [0.3, 0.4) is 0 Å². The number of benzene rings is 2. The number of aliphatic hydroxyl groups is 1. The summed E-state index contributed by atoms with van der Waals surface area (Å²) in [4.78, 5) is 30.3. The number of Topliss-reactive ketones (excluding diaryl/α,β-unsaturated/α-hetero) is 1. The average Bonchev–Trinajstić information content (AvgIpc) is 3.39. The van der Waals surface area contributed by atoms with Crippen molar-refractivity contribution < 1.29 is 28.9 Å². The summed E-state index contributed by atoms with van der Waals surface area (Å²) in [6, 6.07) is 10.1. The van der Waals surface area contributed by atoms with Crippen LogP contribution in [-0.2, 0) is 16.0 Å². The van der Waals surface area contributed by atoms with Crippen LogP contribution in [0.2, 0.25) is 0 Å². The van der Waals surface area contributed by atoms with Crippen molar-refractivity contribution in [3.05, 3.63) is 58.7 Å². The largest absolute Gasteiger partial charge is 0.507 e. The molecular weight excluding hydrogens is 484 g/mol. The minimum Gasteiger partial charge on any atom is -0.507 e. The minimum atomic E-state index is -0.751. The van der Waals surface area contributed by atoms with E-state index in [4.69, 9.17) is 14.2 Å². The monoisotopic (exact) mass is 522 g/mol. The van der Waals surface area contributed by atoms with Crippen molar-refractivity contribution in [2.75, 3.05) is 40.9 Å². The number of fused-ring (bicyclic) bond motifs is 1. The van der Waals surface area contributed by atoms with Crippen LogP contribution in [0.5, 0.6) is 17.2 Å². The van der Waals surface area contributed by atoms with Crippen molar-refractivity contribution in [2.24, 2.45) is 0 Å². The number of ether oxygens (including phenoxy) is 3. The van der Waals surface area contributed by atoms with Gasteiger partial charge in [-0.1, -0.05) is 19.4 Å². The molecule has 38 heavy (non-hydrogen) atoms. The van der Waals surface area contributed by atoms with Gasteiger partial charge < -0.3 is 29.1 Å². The third-order valence-electron chi connectivity index (χ3n) is 6.97. The maximum absolute atomic E-state index is 13.4. The summed E-state index contributed by atoms with van der Waals surface area (Å²) in [6.07, 6.45) is 3.38. The zero-order valence-corrected chi connectivity index (χ0v) is 23.0. The molecule has 204 valence electrons. The Morgan fingerprint density at radius 2 is 1.92 bits per heavy atom. The number of carbonyl (C=O) groups excluding carboxylic acids is 2. The molecule has 0 saturated carbocycles. The second kappa shape index (κ2) is 11.9. The Morgan fingerprint density at radius 1 is 1.13 bits per heavy atom. The number of unbranched alkanes of at least 4 members (excludes halogenated alkanes) is 1. The van der Waals surface area contributed by atoms with Crippen LogP contribution < -0.4 is 14.2 Å². The van der Waals surface area contributed by atoms with Gasteiger partial charge in [-0.3, -0.25) is 9.59 Å². The van der Waals surface area contributed by atoms with Gasteiger partial charge in [0.05, 0.1) is 25.3 Å². The molecule has 2 heterocycles. The Morgan fingerprint density at radius 3 is 2.63 bits per heavy atom. The van der Waals surface area contributed by atoms with Crippen LogP contribution in [0.25, 0.3) is 5.76 Å². The predicted octanol–water partition coefficient (Wildman–Crippen LogP) is 4.57. The number of amides is 1. The molecule has 2 aliphatic heterocycles. The van der Waals surface area contributed by atoms with Crippen molar-refractivity contribution in [2.45, 2.75) is 51.7 Å². The summed E-state index contributed by atoms with van der Waals surface area (Å²) in [5.74, 6) is 0.398. The molecule has 0 aromatic heterocycles. The SMILES string of the molecule is CCCCOc1ccc([C@@H]2C(=C(O)c3ccc4c(c3)C[C@H](C)O4)C(=O)C(=O)N2CCCN(C)C)cc1OC. The number of hydrogen-bond acceptors (Lipinski definition) is 7. The van der Waals surface area contributed by atoms with Gasteiger partial charge in [-0.15, -0.1) is 0 Å². The van der Waals surface area contributed by atoms with Crippen LogP contribution >= 0.6 is 0 Å². The first kappa shape index (κ1) is 27.5. The van der Waals surface area contributed by atoms with E-state index in [0.29, 0.717) is 42.2 Å². The Bertz CT molecular complexity index is 1220. The molecule has 4 rings (SSSR count). The summed E-state index contributed by atoms with van der Waals surface area (Å²) in [6.45, 7) is 5.78. The van der Waals surface area contributed by atoms with E-state index in [2.05, 4.69) is 6.92 Å². The fraction of sp³-hybridized carbons (Fsp3) is 0.467. The molecule has 1 N–H and O–H groups in total. The van der Waals surface area contributed by atoms with Crippen LogP contribution in [-0.4, -0.2) is 73.6 Å². The standard InChI is InChI=1S/C30H38N2O6/c1-6-7-15-37-24-12-9-20(18-25(24)36-5)27-26(29(34)30(35)32(27)14-8-13-31(3)4)28(33)21-10-11-23-22(17-21)16-19(2)38-23/h9-12,17-19,27,33H,6-8,13-16H2,1-5H3/t19-,27+/m0/s1. The lowest BCUT2D eigenvalue weighted by Crippen LogP contribution is -2.32. The molecular formula is C30H38N2O6. The van der Waals surface area contributed by atoms with Crippen LogP contribution in [0.4, 0.5) is 0 Å². The van der Waals surface area contributed by atoms with Gasteiger partial charge in [0.1, 0.15) is 17.6 Å². The number of likely N-dealkylation sites (tertiary alicyclic amines) is 1. The lowest BCUT2D eigenvalue weighted by atomic mass is 9.94. The first-order valence-electron chi connectivity index (χ1n) is 13.3. The smallest absolute Gasteiger partial charge is 0.295 e. The van der Waals surface area contributed by atoms with E-state index in [-0.39, 0.29) is 17.4 Å². The Balaban J connectivity index is 1.77. The Hall–Kier alpha value is -3.52. The molecule has 0 bridgehead atoms. The molecule has 2 aromatic rings. The van der Waals surface area contributed by atoms with E-state index in [1.165, 1.54) is 0 Å². The molecule has 1 fully saturated rings. The first-order chi connectivity index (χ1) is 18.2. The summed E-state index contributed by atoms with van der Waals surface area (Å²) >= 11 is 0. The van der Waals surface area contributed by atoms with E-state index >= 15 is 0 Å². The van der Waals surface area contributed by atoms with Gasteiger partial charge in [-0.2, -0.15) is 0 Å². The van der Waals surface area contributed by atoms with Gasteiger partial charge >= 0.3 is 0 Å². The molecule has 2 atom stereocenters. The number of nitrogens with zero attached hydrogens (tertiary/aromatic N) is 2. The highest BCUT2D eigenvalue weighted by Gasteiger charge is 2.46. The van der Waals surface area contributed by atoms with Gasteiger partial charge in [-0.25, -0.2) is 0 Å². The summed E-state index contributed by atoms with van der Waals surface area (Å²) in [5.41, 5.74) is 2.21. The van der Waals surface area contributed by atoms with Crippen molar-refractivity contribution in [3.63, 3.8) is 0 Å². The predicted molar refractivity (Wildman–Crippen MR) is 146 cm³/mol. The zero-order chi connectivity index (χ0) is 27.4. The van der Waals surface area contributed by atoms with Crippen LogP contribution in [0.15, 0.2) is 42.0 Å². The highest BCUT2D eigenvalue weighted by molar-refractivity contribution is 6.46. The fourth-order valence-corrected chi connectivity index (χ4v) is 5.04. The number of hydrogen-bond donors (Lipinski definition) is 1. The van der Waals surface area contributed by atoms with Crippen LogP contribution in [0.1, 0.15) is 55.8 Å². The van der Waals surface area contributed by atoms with Crippen molar-refractivity contribution >= 4 is 17.4 Å². The normalized spacial score (nSPS) is 20.1. The summed E-state index contributed by atoms with van der Waals surface area (Å²) in [7, 11) is 5.49. The fourth-order valence-electron chi connectivity index (χ4n) is 5.04. The van der Waals surface area contributed by atoms with E-state index in [0.717, 1.165) is 37.1 Å². The van der Waals surface area contributed by atoms with Crippen LogP contribution in [0, 0.1) is 0 Å². The molecule has 0 spiro atoms. The third-order valence-corrected chi connectivity index (χ3v) is 6.97. The molecule has 0 radical (unpaired) electrons. The Labute approximate surface area is 224 Å². The van der Waals surface area contributed by atoms with E-state index in [9.17, 15) is 14.7 Å². The second-order valence-electron chi connectivity index (χ2n) is 10.2. The van der Waals surface area contributed by atoms with E-state index in [1.807, 2.05) is 44.1 Å². The number of rotatable bonds is 11. The number of aliphatic hydroxyl groups excluding tert-OH is 1. The molecule has 0 unspecified atom stereocenters. The molecule has 2 aliphatic rings. The van der Waals surface area contributed by atoms with Crippen molar-refractivity contribution in [3.8, 4) is 17.2 Å². The van der Waals surface area contributed by atoms with Gasteiger partial charge in [0.25, 0.3) is 11.7 Å². The molecule has 1 saturated heterocycles. The van der Waals surface area contributed by atoms with E-state index in [1.54, 1.807) is 30.2 Å². The van der Waals surface area contributed by atoms with Crippen molar-refractivity contribution in [1.82, 2.24) is 9.80 Å². The minimum absolute atomic E-state index is 0.0511. The molecule has 0 aliphatic carbocycles. The van der Waals surface area contributed by atoms with E-state index < -0.39 is 17.7 Å². The zero-order valence-electron chi connectivity index (χ0n) is 23.0. The highest BCUT2D eigenvalue weighted by atomic mass is 16.5. The van der Waals surface area contributed by atoms with Gasteiger partial charge in [-0.05, 0) is 81.9 Å². The number of methoxy groups -OCH3 is 1. The summed E-state index contributed by atoms with van der Waals surface area (Å²) < 4.78 is 17.3. The molecule has 8 nitrogen and oxygen atoms in total. The Kier molecular flexibility index (Phi) is 8.62. The quantitative estimate of drug-likeness (QED) is 0.200. The van der Waals surface area contributed by atoms with Gasteiger partial charge in [0.2, 0.25) is 0 Å². The summed E-state index contributed by atoms with van der Waals surface area (Å²) in [5, 5.41) is 11.5. The average molecular weight is 523 g/mol.